The number of non-ortho nitro benzene ring substituents is 1. The molecule has 9 heteroatoms. The molecule has 3 aromatic carbocycles. The fourth-order valence-corrected chi connectivity index (χ4v) is 4.96. The van der Waals surface area contributed by atoms with Gasteiger partial charge >= 0.3 is 0 Å². The molecule has 0 saturated carbocycles. The monoisotopic (exact) mass is 507 g/mol. The van der Waals surface area contributed by atoms with Crippen LogP contribution in [0.1, 0.15) is 29.5 Å². The van der Waals surface area contributed by atoms with Crippen molar-refractivity contribution in [3.8, 4) is 5.75 Å². The van der Waals surface area contributed by atoms with Gasteiger partial charge in [-0.1, -0.05) is 6.07 Å². The Morgan fingerprint density at radius 3 is 2.51 bits per heavy atom. The van der Waals surface area contributed by atoms with Gasteiger partial charge in [-0.25, -0.2) is 8.78 Å². The van der Waals surface area contributed by atoms with Gasteiger partial charge in [-0.3, -0.25) is 15.0 Å². The molecule has 0 spiro atoms. The normalized spacial score (nSPS) is 15.9. The Bertz CT molecular complexity index is 1400. The lowest BCUT2D eigenvalue weighted by Gasteiger charge is -2.22. The average molecular weight is 508 g/mol. The Kier molecular flexibility index (Phi) is 7.16. The zero-order valence-electron chi connectivity index (χ0n) is 20.1. The highest BCUT2D eigenvalue weighted by atomic mass is 19.1. The zero-order valence-corrected chi connectivity index (χ0v) is 20.1. The topological polar surface area (TPSA) is 80.8 Å². The summed E-state index contributed by atoms with van der Waals surface area (Å²) in [7, 11) is 0. The second kappa shape index (κ2) is 10.7. The van der Waals surface area contributed by atoms with Gasteiger partial charge in [0.25, 0.3) is 5.69 Å². The molecule has 1 fully saturated rings. The van der Waals surface area contributed by atoms with Crippen LogP contribution in [0, 0.1) is 21.7 Å². The van der Waals surface area contributed by atoms with E-state index in [1.165, 1.54) is 30.3 Å². The minimum atomic E-state index is -0.591. The number of ether oxygens (including phenoxy) is 1. The minimum Gasteiger partial charge on any atom is -0.489 e. The molecule has 0 aliphatic carbocycles. The van der Waals surface area contributed by atoms with Gasteiger partial charge in [-0.15, -0.1) is 0 Å². The van der Waals surface area contributed by atoms with Crippen LogP contribution in [0.5, 0.6) is 5.75 Å². The SMILES string of the molecule is O=[N+]([O-])c1ccc(COc2ccc3c(c2)c(CN2CCC[C@H]2CO)cn3Cc2c(F)cccc2F)cc1. The maximum Gasteiger partial charge on any atom is 0.269 e. The minimum absolute atomic E-state index is 0.00106. The van der Waals surface area contributed by atoms with Gasteiger partial charge in [-0.05, 0) is 73.0 Å². The van der Waals surface area contributed by atoms with E-state index in [0.29, 0.717) is 12.3 Å². The smallest absolute Gasteiger partial charge is 0.269 e. The number of nitro groups is 1. The van der Waals surface area contributed by atoms with Crippen LogP contribution < -0.4 is 4.74 Å². The Morgan fingerprint density at radius 1 is 1.05 bits per heavy atom. The first-order valence-corrected chi connectivity index (χ1v) is 12.2. The largest absolute Gasteiger partial charge is 0.489 e. The fourth-order valence-electron chi connectivity index (χ4n) is 4.96. The number of nitro benzene ring substituents is 1. The second-order valence-electron chi connectivity index (χ2n) is 9.32. The predicted octanol–water partition coefficient (Wildman–Crippen LogP) is 5.41. The maximum absolute atomic E-state index is 14.4. The standard InChI is InChI=1S/C28H27F2N3O4/c29-26-4-1-5-27(30)25(26)16-32-15-20(14-31-12-2-3-22(31)17-34)24-13-23(10-11-28(24)32)37-18-19-6-8-21(9-7-19)33(35)36/h1,4-11,13,15,22,34H,2-3,12,14,16-18H2/t22-/m0/s1. The van der Waals surface area contributed by atoms with Gasteiger partial charge < -0.3 is 14.4 Å². The number of aliphatic hydroxyl groups excluding tert-OH is 1. The van der Waals surface area contributed by atoms with E-state index >= 15 is 0 Å². The molecule has 1 aliphatic heterocycles. The molecular weight excluding hydrogens is 480 g/mol. The van der Waals surface area contributed by atoms with Crippen molar-refractivity contribution in [3.05, 3.63) is 105 Å². The number of aliphatic hydroxyl groups is 1. The lowest BCUT2D eigenvalue weighted by molar-refractivity contribution is -0.384. The number of aromatic nitrogens is 1. The predicted molar refractivity (Wildman–Crippen MR) is 135 cm³/mol. The Hall–Kier alpha value is -3.82. The average Bonchev–Trinajstić information content (AvgIpc) is 3.49. The van der Waals surface area contributed by atoms with Gasteiger partial charge in [0, 0.05) is 47.4 Å². The van der Waals surface area contributed by atoms with Crippen molar-refractivity contribution in [3.63, 3.8) is 0 Å². The highest BCUT2D eigenvalue weighted by Gasteiger charge is 2.25. The third-order valence-corrected chi connectivity index (χ3v) is 6.96. The number of halogens is 2. The summed E-state index contributed by atoms with van der Waals surface area (Å²) >= 11 is 0. The van der Waals surface area contributed by atoms with Crippen LogP contribution in [0.3, 0.4) is 0 Å². The van der Waals surface area contributed by atoms with E-state index in [-0.39, 0.29) is 37.1 Å². The number of rotatable bonds is 9. The van der Waals surface area contributed by atoms with Crippen molar-refractivity contribution in [1.29, 1.82) is 0 Å². The molecule has 1 aromatic heterocycles. The number of benzene rings is 3. The lowest BCUT2D eigenvalue weighted by atomic mass is 10.1. The lowest BCUT2D eigenvalue weighted by Crippen LogP contribution is -2.31. The molecule has 1 saturated heterocycles. The summed E-state index contributed by atoms with van der Waals surface area (Å²) in [5.41, 5.74) is 2.61. The van der Waals surface area contributed by atoms with Crippen LogP contribution in [0.15, 0.2) is 66.9 Å². The van der Waals surface area contributed by atoms with Gasteiger partial charge in [0.2, 0.25) is 0 Å². The summed E-state index contributed by atoms with van der Waals surface area (Å²) in [5.74, 6) is -0.570. The van der Waals surface area contributed by atoms with E-state index in [1.807, 2.05) is 22.9 Å². The number of hydrogen-bond acceptors (Lipinski definition) is 5. The van der Waals surface area contributed by atoms with Gasteiger partial charge in [0.15, 0.2) is 0 Å². The number of likely N-dealkylation sites (tertiary alicyclic amines) is 1. The molecule has 192 valence electrons. The third kappa shape index (κ3) is 5.33. The van der Waals surface area contributed by atoms with E-state index in [4.69, 9.17) is 4.74 Å². The van der Waals surface area contributed by atoms with Crippen molar-refractivity contribution < 1.29 is 23.5 Å². The second-order valence-corrected chi connectivity index (χ2v) is 9.32. The summed E-state index contributed by atoms with van der Waals surface area (Å²) in [4.78, 5) is 12.7. The molecule has 4 aromatic rings. The van der Waals surface area contributed by atoms with E-state index in [2.05, 4.69) is 4.90 Å². The van der Waals surface area contributed by atoms with Crippen molar-refractivity contribution >= 4 is 16.6 Å². The van der Waals surface area contributed by atoms with Crippen LogP contribution in [-0.4, -0.2) is 38.7 Å². The molecule has 0 radical (unpaired) electrons. The van der Waals surface area contributed by atoms with Gasteiger partial charge in [0.05, 0.1) is 18.1 Å². The Morgan fingerprint density at radius 2 is 1.81 bits per heavy atom. The van der Waals surface area contributed by atoms with E-state index in [1.54, 1.807) is 18.2 Å². The van der Waals surface area contributed by atoms with E-state index < -0.39 is 16.6 Å². The highest BCUT2D eigenvalue weighted by molar-refractivity contribution is 5.85. The quantitative estimate of drug-likeness (QED) is 0.242. The Balaban J connectivity index is 1.45. The molecule has 37 heavy (non-hydrogen) atoms. The molecule has 5 rings (SSSR count). The van der Waals surface area contributed by atoms with Crippen LogP contribution >= 0.6 is 0 Å². The summed E-state index contributed by atoms with van der Waals surface area (Å²) in [6, 6.07) is 15.7. The molecule has 1 atom stereocenters. The third-order valence-electron chi connectivity index (χ3n) is 6.96. The summed E-state index contributed by atoms with van der Waals surface area (Å²) in [6.07, 6.45) is 3.86. The first-order valence-electron chi connectivity index (χ1n) is 12.2. The maximum atomic E-state index is 14.4. The van der Waals surface area contributed by atoms with Gasteiger partial charge in [-0.2, -0.15) is 0 Å². The zero-order chi connectivity index (χ0) is 25.9. The van der Waals surface area contributed by atoms with Crippen LogP contribution in [0.4, 0.5) is 14.5 Å². The fraction of sp³-hybridized carbons (Fsp3) is 0.286. The number of fused-ring (bicyclic) bond motifs is 1. The summed E-state index contributed by atoms with van der Waals surface area (Å²) in [5, 5.41) is 21.6. The molecular formula is C28H27F2N3O4. The van der Waals surface area contributed by atoms with E-state index in [0.717, 1.165) is 41.4 Å². The first-order chi connectivity index (χ1) is 17.9. The molecule has 0 bridgehead atoms. The molecule has 1 N–H and O–H groups in total. The molecule has 0 amide bonds. The van der Waals surface area contributed by atoms with Crippen molar-refractivity contribution in [2.45, 2.75) is 38.6 Å². The van der Waals surface area contributed by atoms with Crippen molar-refractivity contribution in [2.24, 2.45) is 0 Å². The molecule has 2 heterocycles. The number of hydrogen-bond donors (Lipinski definition) is 1. The number of nitrogens with zero attached hydrogens (tertiary/aromatic N) is 3. The van der Waals surface area contributed by atoms with Crippen LogP contribution in [-0.2, 0) is 19.7 Å². The molecule has 7 nitrogen and oxygen atoms in total. The van der Waals surface area contributed by atoms with Crippen LogP contribution in [0.25, 0.3) is 10.9 Å². The molecule has 1 aliphatic rings. The summed E-state index contributed by atoms with van der Waals surface area (Å²) < 4.78 is 36.7. The first kappa shape index (κ1) is 24.9. The molecule has 0 unspecified atom stereocenters. The van der Waals surface area contributed by atoms with Crippen LogP contribution in [0.2, 0.25) is 0 Å². The Labute approximate surface area is 212 Å². The van der Waals surface area contributed by atoms with Crippen molar-refractivity contribution in [1.82, 2.24) is 9.47 Å². The van der Waals surface area contributed by atoms with Gasteiger partial charge in [0.1, 0.15) is 24.0 Å². The summed E-state index contributed by atoms with van der Waals surface area (Å²) in [6.45, 7) is 1.83. The van der Waals surface area contributed by atoms with Crippen molar-refractivity contribution in [2.75, 3.05) is 13.2 Å². The highest BCUT2D eigenvalue weighted by Crippen LogP contribution is 2.31. The van der Waals surface area contributed by atoms with E-state index in [9.17, 15) is 24.0 Å².